The zero-order valence-corrected chi connectivity index (χ0v) is 14.9. The zero-order valence-electron chi connectivity index (χ0n) is 13.3. The Balaban J connectivity index is 1.59. The minimum atomic E-state index is -1.26. The predicted molar refractivity (Wildman–Crippen MR) is 92.2 cm³/mol. The number of hydrogen-bond acceptors (Lipinski definition) is 6. The first-order valence-corrected chi connectivity index (χ1v) is 8.75. The summed E-state index contributed by atoms with van der Waals surface area (Å²) in [5.41, 5.74) is 0.294. The van der Waals surface area contributed by atoms with Crippen molar-refractivity contribution in [2.75, 3.05) is 25.1 Å². The van der Waals surface area contributed by atoms with Crippen LogP contribution >= 0.6 is 22.9 Å². The minimum Gasteiger partial charge on any atom is -0.465 e. The number of esters is 1. The minimum absolute atomic E-state index is 0.0879. The number of thiazole rings is 1. The molecule has 1 aliphatic heterocycles. The average Bonchev–Trinajstić information content (AvgIpc) is 3.25. The summed E-state index contributed by atoms with van der Waals surface area (Å²) in [4.78, 5) is 32.6. The molecule has 1 fully saturated rings. The molecule has 1 amide bonds. The molecule has 134 valence electrons. The number of carbonyl (C=O) groups is 2. The Morgan fingerprint density at radius 1 is 1.56 bits per heavy atom. The van der Waals surface area contributed by atoms with Gasteiger partial charge in [-0.2, -0.15) is 0 Å². The number of hydrogen-bond donors (Lipinski definition) is 2. The number of alkyl halides is 1. The maximum atomic E-state index is 14.5. The largest absolute Gasteiger partial charge is 0.465 e. The second-order valence-electron chi connectivity index (χ2n) is 5.56. The molecule has 2 aromatic heterocycles. The lowest BCUT2D eigenvalue weighted by Crippen LogP contribution is -2.52. The normalized spacial score (nSPS) is 20.4. The third-order valence-electron chi connectivity index (χ3n) is 3.90. The number of ether oxygens (including phenoxy) is 1. The van der Waals surface area contributed by atoms with Crippen LogP contribution in [0.15, 0.2) is 18.5 Å². The van der Waals surface area contributed by atoms with Crippen molar-refractivity contribution >= 4 is 39.9 Å². The topological polar surface area (TPSA) is 87.3 Å². The lowest BCUT2D eigenvalue weighted by Gasteiger charge is -2.34. The highest BCUT2D eigenvalue weighted by Crippen LogP contribution is 2.27. The van der Waals surface area contributed by atoms with Gasteiger partial charge in [0.1, 0.15) is 16.7 Å². The van der Waals surface area contributed by atoms with Crippen LogP contribution in [0.25, 0.3) is 0 Å². The van der Waals surface area contributed by atoms with Gasteiger partial charge in [-0.1, -0.05) is 22.9 Å². The summed E-state index contributed by atoms with van der Waals surface area (Å²) in [6, 6.07) is 0.897. The van der Waals surface area contributed by atoms with E-state index < -0.39 is 24.1 Å². The summed E-state index contributed by atoms with van der Waals surface area (Å²) in [7, 11) is 1.30. The molecule has 1 aliphatic rings. The Morgan fingerprint density at radius 3 is 3.00 bits per heavy atom. The average molecular weight is 387 g/mol. The molecule has 10 heteroatoms. The molecular formula is C15H16ClFN4O3S. The first kappa shape index (κ1) is 17.7. The summed E-state index contributed by atoms with van der Waals surface area (Å²) in [5.74, 6) is -0.859. The molecule has 0 unspecified atom stereocenters. The smallest absolute Gasteiger partial charge is 0.349 e. The van der Waals surface area contributed by atoms with E-state index in [2.05, 4.69) is 20.0 Å². The molecule has 25 heavy (non-hydrogen) atoms. The van der Waals surface area contributed by atoms with Gasteiger partial charge in [0.25, 0.3) is 5.91 Å². The van der Waals surface area contributed by atoms with Crippen LogP contribution in [-0.2, 0) is 4.74 Å². The number of methoxy groups -OCH3 is 1. The van der Waals surface area contributed by atoms with Crippen molar-refractivity contribution in [3.05, 3.63) is 34.1 Å². The summed E-state index contributed by atoms with van der Waals surface area (Å²) >= 11 is 6.92. The molecule has 0 bridgehead atoms. The number of anilines is 1. The SMILES string of the molecule is COC(=O)c1cnc(N2CC[C@@H](NC(=O)c3cc(Cl)c[nH]3)[C@H](F)C2)s1. The standard InChI is InChI=1S/C15H16ClFN4O3S/c1-24-14(23)12-6-19-15(25-12)21-3-2-10(9(17)7-21)20-13(22)11-4-8(16)5-18-11/h4-6,9-10,18H,2-3,7H2,1H3,(H,20,22)/t9-,10-/m1/s1. The summed E-state index contributed by atoms with van der Waals surface area (Å²) in [6.07, 6.45) is 2.08. The third-order valence-corrected chi connectivity index (χ3v) is 5.16. The maximum Gasteiger partial charge on any atom is 0.349 e. The Labute approximate surface area is 152 Å². The molecule has 3 rings (SSSR count). The third kappa shape index (κ3) is 3.93. The van der Waals surface area contributed by atoms with Gasteiger partial charge < -0.3 is 19.9 Å². The summed E-state index contributed by atoms with van der Waals surface area (Å²) in [6.45, 7) is 0.607. The second-order valence-corrected chi connectivity index (χ2v) is 7.01. The molecule has 2 aromatic rings. The van der Waals surface area contributed by atoms with Crippen molar-refractivity contribution in [1.82, 2.24) is 15.3 Å². The van der Waals surface area contributed by atoms with Gasteiger partial charge in [-0.15, -0.1) is 0 Å². The lowest BCUT2D eigenvalue weighted by molar-refractivity contribution is 0.0606. The molecule has 0 spiro atoms. The van der Waals surface area contributed by atoms with Crippen LogP contribution in [0.3, 0.4) is 0 Å². The van der Waals surface area contributed by atoms with E-state index in [0.29, 0.717) is 33.7 Å². The maximum absolute atomic E-state index is 14.5. The highest BCUT2D eigenvalue weighted by molar-refractivity contribution is 7.17. The van der Waals surface area contributed by atoms with Gasteiger partial charge in [0.05, 0.1) is 30.9 Å². The van der Waals surface area contributed by atoms with Crippen molar-refractivity contribution in [2.45, 2.75) is 18.6 Å². The number of rotatable bonds is 4. The fourth-order valence-electron chi connectivity index (χ4n) is 2.59. The van der Waals surface area contributed by atoms with E-state index in [9.17, 15) is 14.0 Å². The monoisotopic (exact) mass is 386 g/mol. The van der Waals surface area contributed by atoms with Crippen LogP contribution in [0.5, 0.6) is 0 Å². The van der Waals surface area contributed by atoms with Crippen LogP contribution in [-0.4, -0.2) is 54.3 Å². The van der Waals surface area contributed by atoms with Crippen LogP contribution < -0.4 is 10.2 Å². The van der Waals surface area contributed by atoms with Gasteiger partial charge in [0, 0.05) is 12.7 Å². The number of halogens is 2. The number of nitrogens with one attached hydrogen (secondary N) is 2. The number of H-pyrrole nitrogens is 1. The summed E-state index contributed by atoms with van der Waals surface area (Å²) < 4.78 is 19.1. The molecule has 1 saturated heterocycles. The van der Waals surface area contributed by atoms with Gasteiger partial charge in [0.15, 0.2) is 5.13 Å². The number of piperidine rings is 1. The second kappa shape index (κ2) is 7.40. The van der Waals surface area contributed by atoms with E-state index in [1.165, 1.54) is 25.6 Å². The molecule has 2 N–H and O–H groups in total. The van der Waals surface area contributed by atoms with Crippen molar-refractivity contribution < 1.29 is 18.7 Å². The van der Waals surface area contributed by atoms with Crippen LogP contribution in [0.4, 0.5) is 9.52 Å². The van der Waals surface area contributed by atoms with E-state index in [4.69, 9.17) is 11.6 Å². The number of aromatic nitrogens is 2. The number of aromatic amines is 1. The van der Waals surface area contributed by atoms with E-state index in [-0.39, 0.29) is 6.54 Å². The Kier molecular flexibility index (Phi) is 5.24. The molecular weight excluding hydrogens is 371 g/mol. The first-order valence-electron chi connectivity index (χ1n) is 7.56. The fraction of sp³-hybridized carbons (Fsp3) is 0.400. The van der Waals surface area contributed by atoms with Crippen LogP contribution in [0.2, 0.25) is 5.02 Å². The Hall–Kier alpha value is -2.13. The predicted octanol–water partition coefficient (Wildman–Crippen LogP) is 2.26. The Morgan fingerprint density at radius 2 is 2.36 bits per heavy atom. The lowest BCUT2D eigenvalue weighted by atomic mass is 10.0. The van der Waals surface area contributed by atoms with Crippen molar-refractivity contribution in [2.24, 2.45) is 0 Å². The zero-order chi connectivity index (χ0) is 18.0. The molecule has 7 nitrogen and oxygen atoms in total. The van der Waals surface area contributed by atoms with Gasteiger partial charge in [-0.05, 0) is 12.5 Å². The van der Waals surface area contributed by atoms with Crippen LogP contribution in [0, 0.1) is 0 Å². The molecule has 2 atom stereocenters. The molecule has 0 aliphatic carbocycles. The quantitative estimate of drug-likeness (QED) is 0.787. The number of carbonyl (C=O) groups excluding carboxylic acids is 2. The van der Waals surface area contributed by atoms with E-state index in [1.807, 2.05) is 0 Å². The van der Waals surface area contributed by atoms with E-state index >= 15 is 0 Å². The van der Waals surface area contributed by atoms with E-state index in [0.717, 1.165) is 11.3 Å². The number of amides is 1. The van der Waals surface area contributed by atoms with Gasteiger partial charge in [-0.25, -0.2) is 14.2 Å². The van der Waals surface area contributed by atoms with E-state index in [1.54, 1.807) is 4.90 Å². The fourth-order valence-corrected chi connectivity index (χ4v) is 3.63. The van der Waals surface area contributed by atoms with Crippen molar-refractivity contribution in [1.29, 1.82) is 0 Å². The highest BCUT2D eigenvalue weighted by Gasteiger charge is 2.32. The van der Waals surface area contributed by atoms with Crippen molar-refractivity contribution in [3.63, 3.8) is 0 Å². The van der Waals surface area contributed by atoms with Crippen LogP contribution in [0.1, 0.15) is 26.6 Å². The van der Waals surface area contributed by atoms with Gasteiger partial charge in [0.2, 0.25) is 0 Å². The van der Waals surface area contributed by atoms with Crippen molar-refractivity contribution in [3.8, 4) is 0 Å². The molecule has 3 heterocycles. The summed E-state index contributed by atoms with van der Waals surface area (Å²) in [5, 5.41) is 3.66. The first-order chi connectivity index (χ1) is 12.0. The Bertz CT molecular complexity index is 780. The van der Waals surface area contributed by atoms with Gasteiger partial charge >= 0.3 is 5.97 Å². The van der Waals surface area contributed by atoms with Gasteiger partial charge in [-0.3, -0.25) is 4.79 Å². The molecule has 0 saturated carbocycles. The number of nitrogens with zero attached hydrogens (tertiary/aromatic N) is 2. The molecule has 0 radical (unpaired) electrons. The highest BCUT2D eigenvalue weighted by atomic mass is 35.5. The molecule has 0 aromatic carbocycles.